The van der Waals surface area contributed by atoms with Crippen LogP contribution < -0.4 is 11.1 Å². The zero-order chi connectivity index (χ0) is 20.8. The maximum Gasteiger partial charge on any atom is 0.349 e. The Kier molecular flexibility index (Phi) is 6.59. The Morgan fingerprint density at radius 1 is 1.10 bits per heavy atom. The number of carbonyl (C=O) groups is 1. The van der Waals surface area contributed by atoms with Gasteiger partial charge < -0.3 is 9.32 Å². The van der Waals surface area contributed by atoms with Crippen molar-refractivity contribution < 1.29 is 14.0 Å². The molecule has 0 fully saturated rings. The minimum Gasteiger partial charge on any atom is -0.422 e. The molecule has 1 heterocycles. The van der Waals surface area contributed by atoms with E-state index < -0.39 is 11.5 Å². The van der Waals surface area contributed by atoms with Crippen LogP contribution in [0.5, 0.6) is 0 Å². The second kappa shape index (κ2) is 9.32. The van der Waals surface area contributed by atoms with Crippen molar-refractivity contribution in [3.8, 4) is 0 Å². The quantitative estimate of drug-likeness (QED) is 0.361. The molecule has 1 N–H and O–H groups in total. The minimum absolute atomic E-state index is 0.102. The third-order valence-corrected chi connectivity index (χ3v) is 4.35. The maximum absolute atomic E-state index is 12.4. The predicted octanol–water partition coefficient (Wildman–Crippen LogP) is 3.44. The summed E-state index contributed by atoms with van der Waals surface area (Å²) in [5.74, 6) is -0.640. The SMILES string of the molecule is C=CCc1ccc2oc(=O)c(C(=O)NOCc3ccc(CN(C)C)cc3)cc2c1. The van der Waals surface area contributed by atoms with Crippen molar-refractivity contribution in [3.63, 3.8) is 0 Å². The van der Waals surface area contributed by atoms with Gasteiger partial charge in [0, 0.05) is 11.9 Å². The van der Waals surface area contributed by atoms with E-state index in [0.717, 1.165) is 17.7 Å². The Bertz CT molecular complexity index is 1070. The summed E-state index contributed by atoms with van der Waals surface area (Å²) < 4.78 is 5.25. The van der Waals surface area contributed by atoms with Crippen LogP contribution in [-0.2, 0) is 24.4 Å². The van der Waals surface area contributed by atoms with Crippen LogP contribution in [0.25, 0.3) is 11.0 Å². The van der Waals surface area contributed by atoms with E-state index in [1.54, 1.807) is 12.1 Å². The summed E-state index contributed by atoms with van der Waals surface area (Å²) in [6.45, 7) is 4.76. The number of nitrogens with zero attached hydrogens (tertiary/aromatic N) is 1. The lowest BCUT2D eigenvalue weighted by Crippen LogP contribution is -2.28. The van der Waals surface area contributed by atoms with Crippen molar-refractivity contribution in [3.05, 3.63) is 93.9 Å². The molecule has 2 aromatic carbocycles. The van der Waals surface area contributed by atoms with Gasteiger partial charge in [0.15, 0.2) is 0 Å². The molecule has 0 saturated carbocycles. The zero-order valence-corrected chi connectivity index (χ0v) is 16.6. The van der Waals surface area contributed by atoms with Crippen molar-refractivity contribution in [2.24, 2.45) is 0 Å². The van der Waals surface area contributed by atoms with Crippen LogP contribution in [0, 0.1) is 0 Å². The Balaban J connectivity index is 1.65. The van der Waals surface area contributed by atoms with Gasteiger partial charge in [-0.05, 0) is 55.4 Å². The minimum atomic E-state index is -0.705. The maximum atomic E-state index is 12.4. The lowest BCUT2D eigenvalue weighted by Gasteiger charge is -2.10. The number of hydrogen-bond donors (Lipinski definition) is 1. The highest BCUT2D eigenvalue weighted by Gasteiger charge is 2.14. The summed E-state index contributed by atoms with van der Waals surface area (Å²) in [5, 5.41) is 0.672. The average molecular weight is 392 g/mol. The molecule has 0 atom stereocenters. The van der Waals surface area contributed by atoms with Gasteiger partial charge in [0.25, 0.3) is 5.91 Å². The molecule has 150 valence electrons. The van der Waals surface area contributed by atoms with E-state index >= 15 is 0 Å². The number of fused-ring (bicyclic) bond motifs is 1. The van der Waals surface area contributed by atoms with Gasteiger partial charge in [-0.15, -0.1) is 6.58 Å². The Morgan fingerprint density at radius 2 is 1.79 bits per heavy atom. The highest BCUT2D eigenvalue weighted by molar-refractivity contribution is 5.96. The van der Waals surface area contributed by atoms with Crippen LogP contribution in [0.15, 0.2) is 70.4 Å². The molecule has 0 unspecified atom stereocenters. The molecule has 1 aromatic heterocycles. The van der Waals surface area contributed by atoms with Crippen LogP contribution in [0.1, 0.15) is 27.0 Å². The van der Waals surface area contributed by atoms with Gasteiger partial charge >= 0.3 is 5.63 Å². The molecule has 6 nitrogen and oxygen atoms in total. The number of hydroxylamine groups is 1. The molecule has 6 heteroatoms. The first-order valence-electron chi connectivity index (χ1n) is 9.28. The number of nitrogens with one attached hydrogen (secondary N) is 1. The molecule has 3 aromatic rings. The topological polar surface area (TPSA) is 71.8 Å². The van der Waals surface area contributed by atoms with Crippen LogP contribution in [0.3, 0.4) is 0 Å². The lowest BCUT2D eigenvalue weighted by atomic mass is 10.1. The van der Waals surface area contributed by atoms with Crippen molar-refractivity contribution in [1.82, 2.24) is 10.4 Å². The largest absolute Gasteiger partial charge is 0.422 e. The van der Waals surface area contributed by atoms with E-state index in [9.17, 15) is 9.59 Å². The second-order valence-electron chi connectivity index (χ2n) is 7.09. The molecular weight excluding hydrogens is 368 g/mol. The third-order valence-electron chi connectivity index (χ3n) is 4.35. The van der Waals surface area contributed by atoms with E-state index in [1.165, 1.54) is 11.6 Å². The fourth-order valence-electron chi connectivity index (χ4n) is 2.97. The Labute approximate surface area is 169 Å². The van der Waals surface area contributed by atoms with E-state index in [-0.39, 0.29) is 12.2 Å². The van der Waals surface area contributed by atoms with Gasteiger partial charge in [-0.3, -0.25) is 9.63 Å². The summed E-state index contributed by atoms with van der Waals surface area (Å²) in [6.07, 6.45) is 2.47. The molecule has 0 aliphatic carbocycles. The number of amides is 1. The Morgan fingerprint density at radius 3 is 2.48 bits per heavy atom. The van der Waals surface area contributed by atoms with Gasteiger partial charge in [0.2, 0.25) is 0 Å². The van der Waals surface area contributed by atoms with Crippen molar-refractivity contribution in [2.75, 3.05) is 14.1 Å². The molecular formula is C23H24N2O4. The second-order valence-corrected chi connectivity index (χ2v) is 7.09. The number of rotatable bonds is 8. The molecule has 0 radical (unpaired) electrons. The van der Waals surface area contributed by atoms with Gasteiger partial charge in [-0.2, -0.15) is 0 Å². The number of carbonyl (C=O) groups excluding carboxylic acids is 1. The van der Waals surface area contributed by atoms with Gasteiger partial charge in [0.1, 0.15) is 11.1 Å². The Hall–Kier alpha value is -3.22. The standard InChI is InChI=1S/C23H24N2O4/c1-4-5-16-10-11-21-19(12-16)13-20(23(27)29-21)22(26)24-28-15-18-8-6-17(7-9-18)14-25(2)3/h4,6-13H,1,5,14-15H2,2-3H3,(H,24,26). The lowest BCUT2D eigenvalue weighted by molar-refractivity contribution is 0.0230. The van der Waals surface area contributed by atoms with E-state index in [1.807, 2.05) is 50.5 Å². The molecule has 1 amide bonds. The first-order valence-corrected chi connectivity index (χ1v) is 9.28. The van der Waals surface area contributed by atoms with Gasteiger partial charge in [-0.1, -0.05) is 36.4 Å². The van der Waals surface area contributed by atoms with Crippen LogP contribution in [0.4, 0.5) is 0 Å². The fourth-order valence-corrected chi connectivity index (χ4v) is 2.97. The molecule has 3 rings (SSSR count). The highest BCUT2D eigenvalue weighted by atomic mass is 16.6. The van der Waals surface area contributed by atoms with E-state index in [2.05, 4.69) is 17.0 Å². The molecule has 0 saturated heterocycles. The molecule has 29 heavy (non-hydrogen) atoms. The third kappa shape index (κ3) is 5.40. The van der Waals surface area contributed by atoms with Crippen molar-refractivity contribution in [2.45, 2.75) is 19.6 Å². The van der Waals surface area contributed by atoms with Crippen molar-refractivity contribution >= 4 is 16.9 Å². The highest BCUT2D eigenvalue weighted by Crippen LogP contribution is 2.16. The van der Waals surface area contributed by atoms with Crippen LogP contribution in [-0.4, -0.2) is 24.9 Å². The monoisotopic (exact) mass is 392 g/mol. The van der Waals surface area contributed by atoms with Crippen molar-refractivity contribution in [1.29, 1.82) is 0 Å². The summed E-state index contributed by atoms with van der Waals surface area (Å²) in [5.41, 5.74) is 5.05. The summed E-state index contributed by atoms with van der Waals surface area (Å²) in [4.78, 5) is 31.9. The van der Waals surface area contributed by atoms with E-state index in [0.29, 0.717) is 17.4 Å². The van der Waals surface area contributed by atoms with E-state index in [4.69, 9.17) is 9.25 Å². The normalized spacial score (nSPS) is 11.0. The molecule has 0 bridgehead atoms. The smallest absolute Gasteiger partial charge is 0.349 e. The zero-order valence-electron chi connectivity index (χ0n) is 16.6. The van der Waals surface area contributed by atoms with Gasteiger partial charge in [-0.25, -0.2) is 10.3 Å². The fraction of sp³-hybridized carbons (Fsp3) is 0.217. The number of benzene rings is 2. The molecule has 0 aliphatic rings. The predicted molar refractivity (Wildman–Crippen MR) is 112 cm³/mol. The summed E-state index contributed by atoms with van der Waals surface area (Å²) >= 11 is 0. The average Bonchev–Trinajstić information content (AvgIpc) is 2.69. The summed E-state index contributed by atoms with van der Waals surface area (Å²) in [6, 6.07) is 14.9. The first-order chi connectivity index (χ1) is 14.0. The van der Waals surface area contributed by atoms with Crippen LogP contribution in [0.2, 0.25) is 0 Å². The molecule has 0 spiro atoms. The summed E-state index contributed by atoms with van der Waals surface area (Å²) in [7, 11) is 4.02. The molecule has 0 aliphatic heterocycles. The van der Waals surface area contributed by atoms with Crippen LogP contribution >= 0.6 is 0 Å². The van der Waals surface area contributed by atoms with Gasteiger partial charge in [0.05, 0.1) is 6.61 Å². The number of allylic oxidation sites excluding steroid dienone is 1. The first kappa shape index (κ1) is 20.5. The number of hydrogen-bond acceptors (Lipinski definition) is 5.